The van der Waals surface area contributed by atoms with E-state index in [1.54, 1.807) is 0 Å². The third kappa shape index (κ3) is 2.24. The molecule has 0 N–H and O–H groups in total. The van der Waals surface area contributed by atoms with Gasteiger partial charge in [0.2, 0.25) is 0 Å². The van der Waals surface area contributed by atoms with E-state index in [9.17, 15) is 4.21 Å². The van der Waals surface area contributed by atoms with Crippen molar-refractivity contribution in [3.8, 4) is 0 Å². The molecule has 2 nitrogen and oxygen atoms in total. The van der Waals surface area contributed by atoms with Crippen LogP contribution in [0.4, 0.5) is 5.69 Å². The lowest BCUT2D eigenvalue weighted by molar-refractivity contribution is 0.691. The van der Waals surface area contributed by atoms with Crippen LogP contribution in [-0.4, -0.2) is 9.76 Å². The number of halogens is 1. The van der Waals surface area contributed by atoms with Crippen molar-refractivity contribution in [3.63, 3.8) is 0 Å². The summed E-state index contributed by atoms with van der Waals surface area (Å²) >= 11 is 5.85. The van der Waals surface area contributed by atoms with Gasteiger partial charge in [0.1, 0.15) is 0 Å². The van der Waals surface area contributed by atoms with Crippen LogP contribution >= 0.6 is 11.6 Å². The summed E-state index contributed by atoms with van der Waals surface area (Å²) in [4.78, 5) is 4.90. The van der Waals surface area contributed by atoms with E-state index in [0.29, 0.717) is 0 Å². The summed E-state index contributed by atoms with van der Waals surface area (Å²) in [6.07, 6.45) is 0.807. The predicted octanol–water partition coefficient (Wildman–Crippen LogP) is 3.71. The van der Waals surface area contributed by atoms with Crippen LogP contribution in [-0.2, 0) is 17.2 Å². The standard InChI is InChI=1S/C14H10ClNOS/c15-12-4-1-10(2-5-12)7-11-3-6-13-14(8-11)18(17)9-16-13/h1-6,8-9H,7H2. The fourth-order valence-electron chi connectivity index (χ4n) is 1.94. The molecular weight excluding hydrogens is 266 g/mol. The highest BCUT2D eigenvalue weighted by molar-refractivity contribution is 7.99. The van der Waals surface area contributed by atoms with Crippen LogP contribution in [0.25, 0.3) is 0 Å². The Morgan fingerprint density at radius 2 is 1.78 bits per heavy atom. The molecule has 1 atom stereocenters. The van der Waals surface area contributed by atoms with Crippen molar-refractivity contribution in [2.45, 2.75) is 11.3 Å². The van der Waals surface area contributed by atoms with Gasteiger partial charge in [-0.05, 0) is 41.8 Å². The maximum Gasteiger partial charge on any atom is 0.0984 e. The zero-order valence-corrected chi connectivity index (χ0v) is 11.0. The van der Waals surface area contributed by atoms with Crippen LogP contribution in [0.1, 0.15) is 11.1 Å². The molecule has 0 saturated carbocycles. The van der Waals surface area contributed by atoms with Crippen LogP contribution in [0.3, 0.4) is 0 Å². The molecule has 1 heterocycles. The zero-order chi connectivity index (χ0) is 12.5. The highest BCUT2D eigenvalue weighted by atomic mass is 35.5. The topological polar surface area (TPSA) is 29.4 Å². The van der Waals surface area contributed by atoms with Crippen molar-refractivity contribution in [2.75, 3.05) is 0 Å². The number of hydrogen-bond donors (Lipinski definition) is 0. The van der Waals surface area contributed by atoms with Gasteiger partial charge in [0, 0.05) is 5.02 Å². The monoisotopic (exact) mass is 275 g/mol. The summed E-state index contributed by atoms with van der Waals surface area (Å²) in [5, 5.41) is 0.738. The molecule has 2 aromatic rings. The fraction of sp³-hybridized carbons (Fsp3) is 0.0714. The second kappa shape index (κ2) is 4.67. The van der Waals surface area contributed by atoms with Crippen LogP contribution in [0.2, 0.25) is 5.02 Å². The van der Waals surface area contributed by atoms with Gasteiger partial charge in [0.05, 0.1) is 26.9 Å². The molecule has 0 fully saturated rings. The molecule has 1 unspecified atom stereocenters. The molecule has 3 rings (SSSR count). The SMILES string of the molecule is O=S1C=Nc2ccc(Cc3ccc(Cl)cc3)cc21. The summed E-state index contributed by atoms with van der Waals surface area (Å²) < 4.78 is 11.7. The van der Waals surface area contributed by atoms with Crippen molar-refractivity contribution in [1.29, 1.82) is 0 Å². The van der Waals surface area contributed by atoms with E-state index >= 15 is 0 Å². The Morgan fingerprint density at radius 1 is 1.06 bits per heavy atom. The number of fused-ring (bicyclic) bond motifs is 1. The van der Waals surface area contributed by atoms with Gasteiger partial charge in [-0.15, -0.1) is 0 Å². The number of rotatable bonds is 2. The molecule has 0 aromatic heterocycles. The fourth-order valence-corrected chi connectivity index (χ4v) is 2.98. The summed E-state index contributed by atoms with van der Waals surface area (Å²) in [7, 11) is -1.08. The third-order valence-corrected chi connectivity index (χ3v) is 4.16. The Balaban J connectivity index is 1.88. The van der Waals surface area contributed by atoms with Gasteiger partial charge < -0.3 is 0 Å². The summed E-state index contributed by atoms with van der Waals surface area (Å²) in [5.74, 6) is 0. The molecular formula is C14H10ClNOS. The largest absolute Gasteiger partial charge is 0.248 e. The van der Waals surface area contributed by atoms with Crippen LogP contribution in [0.15, 0.2) is 52.4 Å². The van der Waals surface area contributed by atoms with Crippen molar-refractivity contribution in [1.82, 2.24) is 0 Å². The van der Waals surface area contributed by atoms with Gasteiger partial charge in [-0.25, -0.2) is 9.20 Å². The number of benzene rings is 2. The molecule has 90 valence electrons. The average Bonchev–Trinajstić information content (AvgIpc) is 2.74. The Bertz CT molecular complexity index is 649. The minimum atomic E-state index is -1.08. The summed E-state index contributed by atoms with van der Waals surface area (Å²) in [5.41, 5.74) is 4.61. The Labute approximate surface area is 113 Å². The first kappa shape index (κ1) is 11.6. The maximum atomic E-state index is 11.7. The first-order valence-electron chi connectivity index (χ1n) is 5.54. The van der Waals surface area contributed by atoms with Crippen molar-refractivity contribution < 1.29 is 4.21 Å². The third-order valence-electron chi connectivity index (χ3n) is 2.85. The summed E-state index contributed by atoms with van der Waals surface area (Å²) in [6.45, 7) is 0. The van der Waals surface area contributed by atoms with E-state index in [-0.39, 0.29) is 0 Å². The van der Waals surface area contributed by atoms with Gasteiger partial charge >= 0.3 is 0 Å². The Kier molecular flexibility index (Phi) is 3.02. The molecule has 4 heteroatoms. The van der Waals surface area contributed by atoms with Crippen LogP contribution in [0, 0.1) is 0 Å². The van der Waals surface area contributed by atoms with Gasteiger partial charge in [-0.2, -0.15) is 0 Å². The lowest BCUT2D eigenvalue weighted by Crippen LogP contribution is -1.91. The maximum absolute atomic E-state index is 11.7. The number of hydrogen-bond acceptors (Lipinski definition) is 2. The molecule has 0 spiro atoms. The summed E-state index contributed by atoms with van der Waals surface area (Å²) in [6, 6.07) is 13.7. The van der Waals surface area contributed by atoms with E-state index in [1.807, 2.05) is 42.5 Å². The molecule has 0 bridgehead atoms. The zero-order valence-electron chi connectivity index (χ0n) is 9.47. The predicted molar refractivity (Wildman–Crippen MR) is 75.3 cm³/mol. The molecule has 0 amide bonds. The molecule has 1 aliphatic rings. The first-order chi connectivity index (χ1) is 8.72. The second-order valence-electron chi connectivity index (χ2n) is 4.14. The van der Waals surface area contributed by atoms with E-state index in [4.69, 9.17) is 11.6 Å². The first-order valence-corrected chi connectivity index (χ1v) is 7.13. The van der Waals surface area contributed by atoms with Crippen molar-refractivity contribution in [2.24, 2.45) is 4.99 Å². The molecule has 0 aliphatic carbocycles. The Morgan fingerprint density at radius 3 is 2.56 bits per heavy atom. The number of nitrogens with zero attached hydrogens (tertiary/aromatic N) is 1. The van der Waals surface area contributed by atoms with Gasteiger partial charge in [-0.1, -0.05) is 29.8 Å². The normalized spacial score (nSPS) is 16.8. The number of aliphatic imine (C=N–C) groups is 1. The van der Waals surface area contributed by atoms with E-state index in [2.05, 4.69) is 4.99 Å². The minimum absolute atomic E-state index is 0.738. The van der Waals surface area contributed by atoms with Crippen LogP contribution < -0.4 is 0 Å². The van der Waals surface area contributed by atoms with Gasteiger partial charge in [0.15, 0.2) is 0 Å². The molecule has 2 aromatic carbocycles. The minimum Gasteiger partial charge on any atom is -0.248 e. The molecule has 0 radical (unpaired) electrons. The highest BCUT2D eigenvalue weighted by Crippen LogP contribution is 2.29. The smallest absolute Gasteiger partial charge is 0.0984 e. The molecule has 1 aliphatic heterocycles. The Hall–Kier alpha value is -1.45. The van der Waals surface area contributed by atoms with Crippen LogP contribution in [0.5, 0.6) is 0 Å². The average molecular weight is 276 g/mol. The van der Waals surface area contributed by atoms with Gasteiger partial charge in [-0.3, -0.25) is 0 Å². The second-order valence-corrected chi connectivity index (χ2v) is 5.82. The van der Waals surface area contributed by atoms with Crippen molar-refractivity contribution >= 4 is 33.6 Å². The highest BCUT2D eigenvalue weighted by Gasteiger charge is 2.14. The quantitative estimate of drug-likeness (QED) is 0.821. The van der Waals surface area contributed by atoms with E-state index < -0.39 is 10.8 Å². The molecule has 18 heavy (non-hydrogen) atoms. The lowest BCUT2D eigenvalue weighted by atomic mass is 10.0. The van der Waals surface area contributed by atoms with Gasteiger partial charge in [0.25, 0.3) is 0 Å². The van der Waals surface area contributed by atoms with E-state index in [1.165, 1.54) is 11.1 Å². The lowest BCUT2D eigenvalue weighted by Gasteiger charge is -2.04. The molecule has 0 saturated heterocycles. The van der Waals surface area contributed by atoms with Crippen molar-refractivity contribution in [3.05, 3.63) is 58.6 Å². The van der Waals surface area contributed by atoms with E-state index in [0.717, 1.165) is 27.6 Å².